The zero-order valence-electron chi connectivity index (χ0n) is 11.7. The van der Waals surface area contributed by atoms with Crippen molar-refractivity contribution in [2.45, 2.75) is 13.5 Å². The predicted octanol–water partition coefficient (Wildman–Crippen LogP) is 4.06. The molecule has 0 saturated heterocycles. The van der Waals surface area contributed by atoms with Crippen LogP contribution in [0.3, 0.4) is 0 Å². The SMILES string of the molecule is Cc1cccc(NC(=O)NCc2cc3ccccc3o2)c1. The lowest BCUT2D eigenvalue weighted by Gasteiger charge is -2.06. The predicted molar refractivity (Wildman–Crippen MR) is 83.3 cm³/mol. The van der Waals surface area contributed by atoms with Crippen LogP contribution >= 0.6 is 0 Å². The van der Waals surface area contributed by atoms with Crippen molar-refractivity contribution in [3.8, 4) is 0 Å². The van der Waals surface area contributed by atoms with Crippen LogP contribution in [0.4, 0.5) is 10.5 Å². The van der Waals surface area contributed by atoms with E-state index in [2.05, 4.69) is 10.6 Å². The van der Waals surface area contributed by atoms with Gasteiger partial charge in [-0.2, -0.15) is 0 Å². The summed E-state index contributed by atoms with van der Waals surface area (Å²) >= 11 is 0. The second-order valence-electron chi connectivity index (χ2n) is 4.93. The number of fused-ring (bicyclic) bond motifs is 1. The molecular formula is C17H16N2O2. The molecule has 21 heavy (non-hydrogen) atoms. The lowest BCUT2D eigenvalue weighted by atomic mass is 10.2. The van der Waals surface area contributed by atoms with E-state index in [4.69, 9.17) is 4.42 Å². The summed E-state index contributed by atoms with van der Waals surface area (Å²) in [5.74, 6) is 0.732. The fourth-order valence-electron chi connectivity index (χ4n) is 2.19. The minimum Gasteiger partial charge on any atom is -0.459 e. The average Bonchev–Trinajstić information content (AvgIpc) is 2.88. The van der Waals surface area contributed by atoms with Crippen molar-refractivity contribution in [3.63, 3.8) is 0 Å². The smallest absolute Gasteiger partial charge is 0.319 e. The van der Waals surface area contributed by atoms with Crippen LogP contribution in [0.5, 0.6) is 0 Å². The highest BCUT2D eigenvalue weighted by Crippen LogP contribution is 2.18. The fourth-order valence-corrected chi connectivity index (χ4v) is 2.19. The monoisotopic (exact) mass is 280 g/mol. The van der Waals surface area contributed by atoms with Crippen LogP contribution in [0, 0.1) is 6.92 Å². The minimum atomic E-state index is -0.249. The van der Waals surface area contributed by atoms with E-state index in [0.717, 1.165) is 28.0 Å². The molecule has 4 nitrogen and oxygen atoms in total. The van der Waals surface area contributed by atoms with Crippen molar-refractivity contribution < 1.29 is 9.21 Å². The van der Waals surface area contributed by atoms with Crippen molar-refractivity contribution >= 4 is 22.7 Å². The highest BCUT2D eigenvalue weighted by Gasteiger charge is 2.05. The first-order valence-corrected chi connectivity index (χ1v) is 6.80. The van der Waals surface area contributed by atoms with Gasteiger partial charge in [0.2, 0.25) is 0 Å². The van der Waals surface area contributed by atoms with E-state index in [-0.39, 0.29) is 6.03 Å². The highest BCUT2D eigenvalue weighted by molar-refractivity contribution is 5.89. The zero-order chi connectivity index (χ0) is 14.7. The molecule has 3 rings (SSSR count). The highest BCUT2D eigenvalue weighted by atomic mass is 16.3. The molecule has 0 fully saturated rings. The maximum atomic E-state index is 11.8. The summed E-state index contributed by atoms with van der Waals surface area (Å²) in [6.45, 7) is 2.34. The van der Waals surface area contributed by atoms with E-state index in [1.807, 2.05) is 61.5 Å². The van der Waals surface area contributed by atoms with Crippen LogP contribution in [0.1, 0.15) is 11.3 Å². The number of furan rings is 1. The van der Waals surface area contributed by atoms with Crippen molar-refractivity contribution in [2.75, 3.05) is 5.32 Å². The van der Waals surface area contributed by atoms with E-state index in [1.54, 1.807) is 0 Å². The Morgan fingerprint density at radius 1 is 1.10 bits per heavy atom. The van der Waals surface area contributed by atoms with Crippen molar-refractivity contribution in [1.82, 2.24) is 5.32 Å². The van der Waals surface area contributed by atoms with Gasteiger partial charge in [0, 0.05) is 11.1 Å². The number of amides is 2. The molecule has 3 aromatic rings. The van der Waals surface area contributed by atoms with Crippen LogP contribution < -0.4 is 10.6 Å². The maximum absolute atomic E-state index is 11.8. The molecule has 0 spiro atoms. The molecule has 0 unspecified atom stereocenters. The maximum Gasteiger partial charge on any atom is 0.319 e. The molecule has 2 amide bonds. The number of para-hydroxylation sites is 1. The van der Waals surface area contributed by atoms with Crippen LogP contribution in [-0.4, -0.2) is 6.03 Å². The molecule has 0 radical (unpaired) electrons. The number of nitrogens with one attached hydrogen (secondary N) is 2. The Kier molecular flexibility index (Phi) is 3.60. The van der Waals surface area contributed by atoms with Crippen molar-refractivity contribution in [1.29, 1.82) is 0 Å². The van der Waals surface area contributed by atoms with Gasteiger partial charge >= 0.3 is 6.03 Å². The minimum absolute atomic E-state index is 0.249. The third-order valence-corrected chi connectivity index (χ3v) is 3.18. The normalized spacial score (nSPS) is 10.5. The standard InChI is InChI=1S/C17H16N2O2/c1-12-5-4-7-14(9-12)19-17(20)18-11-15-10-13-6-2-3-8-16(13)21-15/h2-10H,11H2,1H3,(H2,18,19,20). The Bertz CT molecular complexity index is 744. The van der Waals surface area contributed by atoms with Gasteiger partial charge in [0.05, 0.1) is 6.54 Å². The Hall–Kier alpha value is -2.75. The van der Waals surface area contributed by atoms with Gasteiger partial charge in [0.1, 0.15) is 11.3 Å². The Morgan fingerprint density at radius 2 is 1.95 bits per heavy atom. The topological polar surface area (TPSA) is 54.3 Å². The summed E-state index contributed by atoms with van der Waals surface area (Å²) in [5.41, 5.74) is 2.70. The molecule has 0 atom stereocenters. The second kappa shape index (κ2) is 5.71. The van der Waals surface area contributed by atoms with E-state index in [0.29, 0.717) is 6.54 Å². The van der Waals surface area contributed by atoms with Gasteiger partial charge in [0.15, 0.2) is 0 Å². The van der Waals surface area contributed by atoms with Crippen LogP contribution in [-0.2, 0) is 6.54 Å². The quantitative estimate of drug-likeness (QED) is 0.760. The summed E-state index contributed by atoms with van der Waals surface area (Å²) in [6.07, 6.45) is 0. The number of carbonyl (C=O) groups excluding carboxylic acids is 1. The van der Waals surface area contributed by atoms with Gasteiger partial charge < -0.3 is 15.1 Å². The number of benzene rings is 2. The lowest BCUT2D eigenvalue weighted by molar-refractivity contribution is 0.251. The van der Waals surface area contributed by atoms with E-state index < -0.39 is 0 Å². The zero-order valence-corrected chi connectivity index (χ0v) is 11.7. The number of hydrogen-bond donors (Lipinski definition) is 2. The van der Waals surface area contributed by atoms with Crippen LogP contribution in [0.15, 0.2) is 59.0 Å². The summed E-state index contributed by atoms with van der Waals surface area (Å²) in [6, 6.07) is 17.1. The summed E-state index contributed by atoms with van der Waals surface area (Å²) in [4.78, 5) is 11.8. The molecule has 1 heterocycles. The summed E-state index contributed by atoms with van der Waals surface area (Å²) in [5, 5.41) is 6.61. The summed E-state index contributed by atoms with van der Waals surface area (Å²) in [7, 11) is 0. The molecule has 0 bridgehead atoms. The number of urea groups is 1. The number of anilines is 1. The molecule has 2 aromatic carbocycles. The molecule has 0 aliphatic heterocycles. The number of aryl methyl sites for hydroxylation is 1. The lowest BCUT2D eigenvalue weighted by Crippen LogP contribution is -2.27. The largest absolute Gasteiger partial charge is 0.459 e. The second-order valence-corrected chi connectivity index (χ2v) is 4.93. The first-order valence-electron chi connectivity index (χ1n) is 6.80. The van der Waals surface area contributed by atoms with Gasteiger partial charge in [-0.3, -0.25) is 0 Å². The third kappa shape index (κ3) is 3.23. The summed E-state index contributed by atoms with van der Waals surface area (Å²) < 4.78 is 5.65. The van der Waals surface area contributed by atoms with Crippen LogP contribution in [0.2, 0.25) is 0 Å². The Balaban J connectivity index is 1.60. The van der Waals surface area contributed by atoms with Crippen molar-refractivity contribution in [2.24, 2.45) is 0 Å². The Morgan fingerprint density at radius 3 is 2.76 bits per heavy atom. The van der Waals surface area contributed by atoms with Crippen LogP contribution in [0.25, 0.3) is 11.0 Å². The molecule has 0 saturated carbocycles. The molecule has 0 aliphatic carbocycles. The van der Waals surface area contributed by atoms with Gasteiger partial charge in [-0.15, -0.1) is 0 Å². The first-order chi connectivity index (χ1) is 10.2. The fraction of sp³-hybridized carbons (Fsp3) is 0.118. The van der Waals surface area contributed by atoms with E-state index in [1.165, 1.54) is 0 Å². The van der Waals surface area contributed by atoms with Gasteiger partial charge in [-0.05, 0) is 36.8 Å². The molecule has 106 valence electrons. The molecule has 1 aromatic heterocycles. The Labute approximate surface area is 122 Å². The van der Waals surface area contributed by atoms with Gasteiger partial charge in [-0.25, -0.2) is 4.79 Å². The van der Waals surface area contributed by atoms with E-state index in [9.17, 15) is 4.79 Å². The third-order valence-electron chi connectivity index (χ3n) is 3.18. The average molecular weight is 280 g/mol. The molecular weight excluding hydrogens is 264 g/mol. The molecule has 2 N–H and O–H groups in total. The van der Waals surface area contributed by atoms with Crippen molar-refractivity contribution in [3.05, 3.63) is 65.9 Å². The number of rotatable bonds is 3. The first kappa shape index (κ1) is 13.2. The molecule has 4 heteroatoms. The van der Waals surface area contributed by atoms with Gasteiger partial charge in [0.25, 0.3) is 0 Å². The number of carbonyl (C=O) groups is 1. The molecule has 0 aliphatic rings. The van der Waals surface area contributed by atoms with Gasteiger partial charge in [-0.1, -0.05) is 30.3 Å². The number of hydrogen-bond acceptors (Lipinski definition) is 2. The van der Waals surface area contributed by atoms with E-state index >= 15 is 0 Å².